The number of fused-ring (bicyclic) bond motifs is 1. The Morgan fingerprint density at radius 2 is 2.16 bits per heavy atom. The highest BCUT2D eigenvalue weighted by molar-refractivity contribution is 7.16. The first-order valence-corrected chi connectivity index (χ1v) is 7.53. The van der Waals surface area contributed by atoms with Gasteiger partial charge in [-0.25, -0.2) is 4.98 Å². The zero-order chi connectivity index (χ0) is 13.2. The van der Waals surface area contributed by atoms with Gasteiger partial charge in [-0.3, -0.25) is 0 Å². The molecule has 19 heavy (non-hydrogen) atoms. The van der Waals surface area contributed by atoms with E-state index in [9.17, 15) is 5.11 Å². The number of anilines is 2. The number of rotatable bonds is 3. The Labute approximate surface area is 116 Å². The van der Waals surface area contributed by atoms with Crippen molar-refractivity contribution in [1.82, 2.24) is 9.97 Å². The van der Waals surface area contributed by atoms with Crippen LogP contribution in [-0.4, -0.2) is 34.3 Å². The van der Waals surface area contributed by atoms with Crippen LogP contribution in [0.5, 0.6) is 0 Å². The van der Waals surface area contributed by atoms with Gasteiger partial charge >= 0.3 is 0 Å². The third-order valence-electron chi connectivity index (χ3n) is 3.60. The lowest BCUT2D eigenvalue weighted by Crippen LogP contribution is -2.36. The summed E-state index contributed by atoms with van der Waals surface area (Å²) in [5.74, 6) is 1.43. The summed E-state index contributed by atoms with van der Waals surface area (Å²) in [4.78, 5) is 9.87. The zero-order valence-corrected chi connectivity index (χ0v) is 11.7. The molecular weight excluding hydrogens is 260 g/mol. The fraction of sp³-hybridized carbons (Fsp3) is 0.538. The van der Waals surface area contributed by atoms with Crippen LogP contribution < -0.4 is 10.6 Å². The standard InChI is InChI=1S/C13H18N4OS/c1-14-13-16-11(8-6-7-19-12(8)17-13)15-9-4-2-3-5-10(9)18/h6-7,9-10,18H,2-5H2,1H3,(H2,14,15,16,17). The molecule has 2 unspecified atom stereocenters. The van der Waals surface area contributed by atoms with Crippen LogP contribution in [0.25, 0.3) is 10.2 Å². The predicted octanol–water partition coefficient (Wildman–Crippen LogP) is 2.45. The van der Waals surface area contributed by atoms with Crippen LogP contribution in [0.2, 0.25) is 0 Å². The summed E-state index contributed by atoms with van der Waals surface area (Å²) < 4.78 is 0. The maximum Gasteiger partial charge on any atom is 0.225 e. The molecule has 1 saturated carbocycles. The third-order valence-corrected chi connectivity index (χ3v) is 4.41. The van der Waals surface area contributed by atoms with Gasteiger partial charge in [0.15, 0.2) is 0 Å². The number of aliphatic hydroxyl groups is 1. The Kier molecular flexibility index (Phi) is 3.52. The summed E-state index contributed by atoms with van der Waals surface area (Å²) in [5.41, 5.74) is 0. The van der Waals surface area contributed by atoms with E-state index in [4.69, 9.17) is 0 Å². The van der Waals surface area contributed by atoms with Crippen molar-refractivity contribution < 1.29 is 5.11 Å². The predicted molar refractivity (Wildman–Crippen MR) is 78.8 cm³/mol. The summed E-state index contributed by atoms with van der Waals surface area (Å²) >= 11 is 1.60. The molecule has 0 saturated heterocycles. The Bertz CT molecular complexity index is 571. The fourth-order valence-electron chi connectivity index (χ4n) is 2.53. The largest absolute Gasteiger partial charge is 0.391 e. The average Bonchev–Trinajstić information content (AvgIpc) is 2.89. The highest BCUT2D eigenvalue weighted by Gasteiger charge is 2.24. The summed E-state index contributed by atoms with van der Waals surface area (Å²) in [6, 6.07) is 2.12. The van der Waals surface area contributed by atoms with Crippen LogP contribution in [0.3, 0.4) is 0 Å². The first-order chi connectivity index (χ1) is 9.28. The van der Waals surface area contributed by atoms with E-state index < -0.39 is 0 Å². The van der Waals surface area contributed by atoms with Gasteiger partial charge < -0.3 is 15.7 Å². The van der Waals surface area contributed by atoms with E-state index in [-0.39, 0.29) is 12.1 Å². The van der Waals surface area contributed by atoms with Gasteiger partial charge in [0.2, 0.25) is 5.95 Å². The van der Waals surface area contributed by atoms with Crippen LogP contribution >= 0.6 is 11.3 Å². The molecule has 0 aliphatic heterocycles. The highest BCUT2D eigenvalue weighted by Crippen LogP contribution is 2.29. The second-order valence-corrected chi connectivity index (χ2v) is 5.78. The van der Waals surface area contributed by atoms with Crippen LogP contribution in [0, 0.1) is 0 Å². The van der Waals surface area contributed by atoms with Crippen molar-refractivity contribution in [2.24, 2.45) is 0 Å². The van der Waals surface area contributed by atoms with E-state index in [2.05, 4.69) is 20.6 Å². The number of aliphatic hydroxyl groups excluding tert-OH is 1. The minimum absolute atomic E-state index is 0.0939. The van der Waals surface area contributed by atoms with E-state index in [1.54, 1.807) is 11.3 Å². The molecule has 3 rings (SSSR count). The zero-order valence-electron chi connectivity index (χ0n) is 10.9. The monoisotopic (exact) mass is 278 g/mol. The lowest BCUT2D eigenvalue weighted by molar-refractivity contribution is 0.116. The molecule has 2 heterocycles. The van der Waals surface area contributed by atoms with Gasteiger partial charge in [-0.15, -0.1) is 11.3 Å². The highest BCUT2D eigenvalue weighted by atomic mass is 32.1. The van der Waals surface area contributed by atoms with Crippen molar-refractivity contribution in [3.8, 4) is 0 Å². The minimum atomic E-state index is -0.282. The Morgan fingerprint density at radius 1 is 1.32 bits per heavy atom. The number of aromatic nitrogens is 2. The van der Waals surface area contributed by atoms with Gasteiger partial charge in [0.05, 0.1) is 17.5 Å². The maximum atomic E-state index is 10.1. The Hall–Kier alpha value is -1.40. The molecule has 0 spiro atoms. The van der Waals surface area contributed by atoms with Crippen LogP contribution in [-0.2, 0) is 0 Å². The molecule has 6 heteroatoms. The molecule has 2 aromatic heterocycles. The molecule has 102 valence electrons. The van der Waals surface area contributed by atoms with E-state index in [0.717, 1.165) is 41.7 Å². The maximum absolute atomic E-state index is 10.1. The number of thiophene rings is 1. The van der Waals surface area contributed by atoms with E-state index in [0.29, 0.717) is 5.95 Å². The van der Waals surface area contributed by atoms with Gasteiger partial charge in [0.25, 0.3) is 0 Å². The first kappa shape index (κ1) is 12.6. The van der Waals surface area contributed by atoms with Crippen molar-refractivity contribution in [3.63, 3.8) is 0 Å². The van der Waals surface area contributed by atoms with Crippen molar-refractivity contribution in [2.75, 3.05) is 17.7 Å². The lowest BCUT2D eigenvalue weighted by Gasteiger charge is -2.29. The molecule has 0 radical (unpaired) electrons. The summed E-state index contributed by atoms with van der Waals surface area (Å²) in [6.45, 7) is 0. The molecule has 3 N–H and O–H groups in total. The van der Waals surface area contributed by atoms with E-state index in [1.165, 1.54) is 0 Å². The number of hydrogen-bond donors (Lipinski definition) is 3. The molecule has 0 bridgehead atoms. The summed E-state index contributed by atoms with van der Waals surface area (Å²) in [5, 5.41) is 19.5. The van der Waals surface area contributed by atoms with Gasteiger partial charge in [0, 0.05) is 7.05 Å². The molecule has 2 atom stereocenters. The topological polar surface area (TPSA) is 70.1 Å². The average molecular weight is 278 g/mol. The van der Waals surface area contributed by atoms with E-state index in [1.807, 2.05) is 18.5 Å². The normalized spacial score (nSPS) is 23.5. The molecule has 1 fully saturated rings. The Balaban J connectivity index is 1.92. The van der Waals surface area contributed by atoms with Gasteiger partial charge in [-0.2, -0.15) is 4.98 Å². The molecule has 0 amide bonds. The van der Waals surface area contributed by atoms with Crippen molar-refractivity contribution in [3.05, 3.63) is 11.4 Å². The minimum Gasteiger partial charge on any atom is -0.391 e. The lowest BCUT2D eigenvalue weighted by atomic mass is 9.92. The molecular formula is C13H18N4OS. The van der Waals surface area contributed by atoms with Crippen LogP contribution in [0.4, 0.5) is 11.8 Å². The number of nitrogens with zero attached hydrogens (tertiary/aromatic N) is 2. The van der Waals surface area contributed by atoms with Crippen molar-refractivity contribution in [2.45, 2.75) is 37.8 Å². The van der Waals surface area contributed by atoms with Crippen molar-refractivity contribution in [1.29, 1.82) is 0 Å². The van der Waals surface area contributed by atoms with Crippen LogP contribution in [0.15, 0.2) is 11.4 Å². The smallest absolute Gasteiger partial charge is 0.225 e. The summed E-state index contributed by atoms with van der Waals surface area (Å²) in [6.07, 6.45) is 3.85. The molecule has 1 aliphatic carbocycles. The van der Waals surface area contributed by atoms with E-state index >= 15 is 0 Å². The SMILES string of the molecule is CNc1nc(NC2CCCCC2O)c2ccsc2n1. The van der Waals surface area contributed by atoms with Gasteiger partial charge in [-0.05, 0) is 24.3 Å². The first-order valence-electron chi connectivity index (χ1n) is 6.65. The third kappa shape index (κ3) is 2.50. The number of hydrogen-bond acceptors (Lipinski definition) is 6. The summed E-state index contributed by atoms with van der Waals surface area (Å²) in [7, 11) is 1.81. The van der Waals surface area contributed by atoms with Crippen molar-refractivity contribution >= 4 is 33.3 Å². The van der Waals surface area contributed by atoms with Crippen LogP contribution in [0.1, 0.15) is 25.7 Å². The second kappa shape index (κ2) is 5.30. The Morgan fingerprint density at radius 3 is 2.95 bits per heavy atom. The second-order valence-electron chi connectivity index (χ2n) is 4.89. The van der Waals surface area contributed by atoms with Gasteiger partial charge in [0.1, 0.15) is 10.6 Å². The quantitative estimate of drug-likeness (QED) is 0.804. The molecule has 2 aromatic rings. The molecule has 1 aliphatic rings. The fourth-order valence-corrected chi connectivity index (χ4v) is 3.30. The number of nitrogens with one attached hydrogen (secondary N) is 2. The van der Waals surface area contributed by atoms with Gasteiger partial charge in [-0.1, -0.05) is 12.8 Å². The molecule has 0 aromatic carbocycles. The molecule has 5 nitrogen and oxygen atoms in total.